The van der Waals surface area contributed by atoms with E-state index in [2.05, 4.69) is 31.9 Å². The monoisotopic (exact) mass is 639 g/mol. The van der Waals surface area contributed by atoms with Gasteiger partial charge in [0.2, 0.25) is 5.91 Å². The van der Waals surface area contributed by atoms with Gasteiger partial charge >= 0.3 is 0 Å². The van der Waals surface area contributed by atoms with Crippen LogP contribution in [0, 0.1) is 11.3 Å². The number of benzene rings is 1. The Kier molecular flexibility index (Phi) is 8.49. The molecule has 2 N–H and O–H groups in total. The Labute approximate surface area is 277 Å². The number of methoxy groups -OCH3 is 1. The summed E-state index contributed by atoms with van der Waals surface area (Å²) in [4.78, 5) is 39.3. The van der Waals surface area contributed by atoms with Crippen LogP contribution in [0.15, 0.2) is 30.3 Å². The van der Waals surface area contributed by atoms with Crippen molar-refractivity contribution < 1.29 is 14.3 Å². The molecule has 0 saturated carbocycles. The van der Waals surface area contributed by atoms with Crippen LogP contribution in [0.3, 0.4) is 0 Å². The van der Waals surface area contributed by atoms with Crippen LogP contribution in [0.25, 0.3) is 33.6 Å². The number of nitrogens with zero attached hydrogens (tertiary/aromatic N) is 5. The first-order valence-corrected chi connectivity index (χ1v) is 17.5. The fraction of sp³-hybridized carbons (Fsp3) is 0.568. The average molecular weight is 640 g/mol. The molecule has 4 aromatic rings. The number of pyridine rings is 1. The summed E-state index contributed by atoms with van der Waals surface area (Å²) in [7, 11) is 3.67. The third-order valence-electron chi connectivity index (χ3n) is 10.9. The molecule has 47 heavy (non-hydrogen) atoms. The lowest BCUT2D eigenvalue weighted by Crippen LogP contribution is -2.54. The van der Waals surface area contributed by atoms with E-state index in [1.54, 1.807) is 7.11 Å². The zero-order chi connectivity index (χ0) is 32.9. The van der Waals surface area contributed by atoms with Gasteiger partial charge < -0.3 is 29.4 Å². The number of aromatic nitrogens is 4. The van der Waals surface area contributed by atoms with Crippen molar-refractivity contribution in [3.05, 3.63) is 41.6 Å². The second-order valence-electron chi connectivity index (χ2n) is 14.6. The number of rotatable bonds is 3. The smallest absolute Gasteiger partial charge is 0.254 e. The molecule has 6 heterocycles. The van der Waals surface area contributed by atoms with E-state index < -0.39 is 5.41 Å². The Morgan fingerprint density at radius 3 is 2.68 bits per heavy atom. The quantitative estimate of drug-likeness (QED) is 0.286. The molecule has 3 aliphatic rings. The zero-order valence-electron chi connectivity index (χ0n) is 28.6. The van der Waals surface area contributed by atoms with Crippen LogP contribution in [-0.2, 0) is 18.4 Å². The Morgan fingerprint density at radius 2 is 1.85 bits per heavy atom. The fourth-order valence-corrected chi connectivity index (χ4v) is 7.98. The van der Waals surface area contributed by atoms with Gasteiger partial charge in [0.25, 0.3) is 5.91 Å². The van der Waals surface area contributed by atoms with Crippen LogP contribution < -0.4 is 15.4 Å². The summed E-state index contributed by atoms with van der Waals surface area (Å²) in [5.74, 6) is 2.21. The number of aryl methyl sites for hydroxylation is 2. The van der Waals surface area contributed by atoms with Crippen LogP contribution >= 0.6 is 0 Å². The molecule has 2 saturated heterocycles. The van der Waals surface area contributed by atoms with Crippen LogP contribution in [0.4, 0.5) is 0 Å². The summed E-state index contributed by atoms with van der Waals surface area (Å²) in [5, 5.41) is 7.89. The number of amides is 2. The SMILES string of the molecule is COc1cc(C(=O)N2CC[C@H]3CCCN[C@H]3C2)cc2nc(-c3cc4ccc5nc4n3CCCCCCC(C)(C)C(=O)N[C@@H]5C)n(C)c12. The number of hydrogen-bond donors (Lipinski definition) is 2. The number of imidazole rings is 1. The molecule has 0 aliphatic carbocycles. The number of nitrogens with one attached hydrogen (secondary N) is 2. The van der Waals surface area contributed by atoms with Gasteiger partial charge in [-0.2, -0.15) is 0 Å². The number of hydrogen-bond acceptors (Lipinski definition) is 6. The molecule has 0 radical (unpaired) electrons. The highest BCUT2D eigenvalue weighted by atomic mass is 16.5. The molecule has 3 aromatic heterocycles. The van der Waals surface area contributed by atoms with E-state index in [1.165, 1.54) is 12.8 Å². The minimum atomic E-state index is -0.412. The molecule has 7 rings (SSSR count). The lowest BCUT2D eigenvalue weighted by atomic mass is 9.85. The Balaban J connectivity index is 1.26. The molecule has 250 valence electrons. The number of carbonyl (C=O) groups is 2. The van der Waals surface area contributed by atoms with Gasteiger partial charge in [-0.1, -0.05) is 33.1 Å². The van der Waals surface area contributed by atoms with Crippen molar-refractivity contribution in [3.63, 3.8) is 0 Å². The summed E-state index contributed by atoms with van der Waals surface area (Å²) < 4.78 is 10.3. The standard InChI is InChI=1S/C37H49N7O3/c1-23-27-13-12-25-20-30(44(33(25)40-27)17-9-7-6-8-15-37(2,3)36(46)39-23)34-41-28-19-26(21-31(47-5)32(28)42(34)4)35(45)43-18-14-24-11-10-16-38-29(24)22-43/h12-13,19-21,23-24,29,38H,6-11,14-18,22H2,1-5H3,(H,39,46)/t23-,24-,29+/m1/s1. The van der Waals surface area contributed by atoms with Gasteiger partial charge in [0.1, 0.15) is 16.9 Å². The van der Waals surface area contributed by atoms with Gasteiger partial charge in [0.15, 0.2) is 5.82 Å². The minimum absolute atomic E-state index is 0.0341. The molecule has 0 unspecified atom stereocenters. The van der Waals surface area contributed by atoms with Crippen molar-refractivity contribution in [2.24, 2.45) is 18.4 Å². The number of carbonyl (C=O) groups excluding carboxylic acids is 2. The first-order chi connectivity index (χ1) is 22.6. The van der Waals surface area contributed by atoms with Crippen molar-refractivity contribution in [1.82, 2.24) is 34.6 Å². The maximum Gasteiger partial charge on any atom is 0.254 e. The van der Waals surface area contributed by atoms with E-state index in [0.717, 1.165) is 104 Å². The second kappa shape index (κ2) is 12.6. The van der Waals surface area contributed by atoms with Crippen molar-refractivity contribution in [2.75, 3.05) is 26.7 Å². The summed E-state index contributed by atoms with van der Waals surface area (Å²) in [6.45, 7) is 9.45. The zero-order valence-corrected chi connectivity index (χ0v) is 28.6. The van der Waals surface area contributed by atoms with Gasteiger partial charge in [-0.25, -0.2) is 9.97 Å². The summed E-state index contributed by atoms with van der Waals surface area (Å²) >= 11 is 0. The molecule has 2 amide bonds. The van der Waals surface area contributed by atoms with Gasteiger partial charge in [-0.3, -0.25) is 9.59 Å². The predicted octanol–water partition coefficient (Wildman–Crippen LogP) is 5.98. The van der Waals surface area contributed by atoms with E-state index in [1.807, 2.05) is 50.9 Å². The summed E-state index contributed by atoms with van der Waals surface area (Å²) in [6, 6.07) is 10.2. The molecule has 3 atom stereocenters. The number of fused-ring (bicyclic) bond motifs is 3. The third kappa shape index (κ3) is 5.90. The van der Waals surface area contributed by atoms with Gasteiger partial charge in [-0.15, -0.1) is 0 Å². The predicted molar refractivity (Wildman–Crippen MR) is 184 cm³/mol. The molecular formula is C37H49N7O3. The molecular weight excluding hydrogens is 590 g/mol. The second-order valence-corrected chi connectivity index (χ2v) is 14.6. The molecule has 1 aromatic carbocycles. The van der Waals surface area contributed by atoms with Crippen molar-refractivity contribution >= 4 is 33.9 Å². The molecule has 2 bridgehead atoms. The highest BCUT2D eigenvalue weighted by molar-refractivity contribution is 6.00. The van der Waals surface area contributed by atoms with Crippen LogP contribution in [-0.4, -0.2) is 68.6 Å². The maximum absolute atomic E-state index is 13.9. The molecule has 2 fully saturated rings. The Hall–Kier alpha value is -3.92. The van der Waals surface area contributed by atoms with Gasteiger partial charge in [0, 0.05) is 49.1 Å². The average Bonchev–Trinajstić information content (AvgIpc) is 3.61. The first-order valence-electron chi connectivity index (χ1n) is 17.5. The largest absolute Gasteiger partial charge is 0.494 e. The lowest BCUT2D eigenvalue weighted by Gasteiger charge is -2.41. The summed E-state index contributed by atoms with van der Waals surface area (Å²) in [6.07, 6.45) is 8.54. The molecule has 10 nitrogen and oxygen atoms in total. The van der Waals surface area contributed by atoms with Crippen LogP contribution in [0.1, 0.15) is 94.2 Å². The summed E-state index contributed by atoms with van der Waals surface area (Å²) in [5.41, 5.74) is 4.51. The number of ether oxygens (including phenoxy) is 1. The molecule has 10 heteroatoms. The maximum atomic E-state index is 13.9. The topological polar surface area (TPSA) is 106 Å². The van der Waals surface area contributed by atoms with E-state index in [4.69, 9.17) is 14.7 Å². The highest BCUT2D eigenvalue weighted by Crippen LogP contribution is 2.36. The van der Waals surface area contributed by atoms with Gasteiger partial charge in [-0.05, 0) is 81.8 Å². The first kappa shape index (κ1) is 31.7. The Morgan fingerprint density at radius 1 is 1.02 bits per heavy atom. The van der Waals surface area contributed by atoms with E-state index in [9.17, 15) is 9.59 Å². The Bertz CT molecular complexity index is 1820. The third-order valence-corrected chi connectivity index (χ3v) is 10.9. The van der Waals surface area contributed by atoms with E-state index in [0.29, 0.717) is 23.3 Å². The van der Waals surface area contributed by atoms with E-state index >= 15 is 0 Å². The fourth-order valence-electron chi connectivity index (χ4n) is 7.98. The molecule has 0 spiro atoms. The minimum Gasteiger partial charge on any atom is -0.494 e. The molecule has 3 aliphatic heterocycles. The highest BCUT2D eigenvalue weighted by Gasteiger charge is 2.34. The van der Waals surface area contributed by atoms with Crippen LogP contribution in [0.5, 0.6) is 5.75 Å². The van der Waals surface area contributed by atoms with Crippen molar-refractivity contribution in [2.45, 2.75) is 90.8 Å². The lowest BCUT2D eigenvalue weighted by molar-refractivity contribution is -0.130. The van der Waals surface area contributed by atoms with Gasteiger partial charge in [0.05, 0.1) is 30.1 Å². The number of piperidine rings is 2. The van der Waals surface area contributed by atoms with Crippen molar-refractivity contribution in [1.29, 1.82) is 0 Å². The van der Waals surface area contributed by atoms with Crippen LogP contribution in [0.2, 0.25) is 0 Å². The normalized spacial score (nSPS) is 23.8. The van der Waals surface area contributed by atoms with E-state index in [-0.39, 0.29) is 17.9 Å². The van der Waals surface area contributed by atoms with Crippen molar-refractivity contribution in [3.8, 4) is 17.3 Å². The number of likely N-dealkylation sites (tertiary alicyclic amines) is 1.